The van der Waals surface area contributed by atoms with Crippen molar-refractivity contribution in [3.05, 3.63) is 29.3 Å². The van der Waals surface area contributed by atoms with Crippen molar-refractivity contribution in [2.24, 2.45) is 5.92 Å². The SMILES string of the molecule is CNC1CCC(Cc2ccc3c(c2)CCO3)CC1. The Balaban J connectivity index is 1.60. The lowest BCUT2D eigenvalue weighted by Crippen LogP contribution is -2.30. The van der Waals surface area contributed by atoms with Gasteiger partial charge in [-0.2, -0.15) is 0 Å². The van der Waals surface area contributed by atoms with Crippen molar-refractivity contribution in [2.45, 2.75) is 44.6 Å². The van der Waals surface area contributed by atoms with Crippen molar-refractivity contribution in [1.82, 2.24) is 5.32 Å². The first kappa shape index (κ1) is 12.0. The molecule has 1 aromatic carbocycles. The molecule has 98 valence electrons. The summed E-state index contributed by atoms with van der Waals surface area (Å²) in [5, 5.41) is 3.41. The second kappa shape index (κ2) is 5.31. The number of fused-ring (bicyclic) bond motifs is 1. The van der Waals surface area contributed by atoms with Crippen LogP contribution in [0.1, 0.15) is 36.8 Å². The number of rotatable bonds is 3. The monoisotopic (exact) mass is 245 g/mol. The molecule has 1 aliphatic carbocycles. The van der Waals surface area contributed by atoms with Gasteiger partial charge in [-0.15, -0.1) is 0 Å². The molecule has 1 fully saturated rings. The van der Waals surface area contributed by atoms with Crippen molar-refractivity contribution in [3.8, 4) is 5.75 Å². The molecule has 1 aliphatic heterocycles. The largest absolute Gasteiger partial charge is 0.493 e. The predicted octanol–water partition coefficient (Wildman–Crippen LogP) is 2.94. The Morgan fingerprint density at radius 1 is 1.22 bits per heavy atom. The second-order valence-electron chi connectivity index (χ2n) is 5.75. The molecule has 3 rings (SSSR count). The van der Waals surface area contributed by atoms with E-state index in [-0.39, 0.29) is 0 Å². The van der Waals surface area contributed by atoms with Crippen LogP contribution in [-0.2, 0) is 12.8 Å². The number of ether oxygens (including phenoxy) is 1. The first-order valence-electron chi connectivity index (χ1n) is 7.27. The van der Waals surface area contributed by atoms with E-state index in [0.29, 0.717) is 0 Å². The molecule has 1 saturated carbocycles. The number of hydrogen-bond acceptors (Lipinski definition) is 2. The van der Waals surface area contributed by atoms with Gasteiger partial charge < -0.3 is 10.1 Å². The first-order chi connectivity index (χ1) is 8.85. The van der Waals surface area contributed by atoms with Crippen LogP contribution in [0.25, 0.3) is 0 Å². The molecule has 2 aliphatic rings. The van der Waals surface area contributed by atoms with Crippen molar-refractivity contribution in [1.29, 1.82) is 0 Å². The molecule has 1 heterocycles. The molecule has 0 atom stereocenters. The molecule has 18 heavy (non-hydrogen) atoms. The highest BCUT2D eigenvalue weighted by molar-refractivity contribution is 5.39. The molecule has 0 aromatic heterocycles. The summed E-state index contributed by atoms with van der Waals surface area (Å²) in [5.74, 6) is 1.99. The summed E-state index contributed by atoms with van der Waals surface area (Å²) in [6, 6.07) is 7.55. The van der Waals surface area contributed by atoms with E-state index in [9.17, 15) is 0 Å². The van der Waals surface area contributed by atoms with Crippen molar-refractivity contribution < 1.29 is 4.74 Å². The maximum absolute atomic E-state index is 5.56. The van der Waals surface area contributed by atoms with Crippen molar-refractivity contribution in [2.75, 3.05) is 13.7 Å². The van der Waals surface area contributed by atoms with E-state index in [0.717, 1.165) is 30.7 Å². The summed E-state index contributed by atoms with van der Waals surface area (Å²) >= 11 is 0. The molecule has 0 radical (unpaired) electrons. The number of hydrogen-bond donors (Lipinski definition) is 1. The third-order valence-electron chi connectivity index (χ3n) is 4.53. The third-order valence-corrected chi connectivity index (χ3v) is 4.53. The fraction of sp³-hybridized carbons (Fsp3) is 0.625. The normalized spacial score (nSPS) is 26.7. The van der Waals surface area contributed by atoms with Crippen molar-refractivity contribution in [3.63, 3.8) is 0 Å². The molecular formula is C16H23NO. The van der Waals surface area contributed by atoms with Crippen LogP contribution in [0.4, 0.5) is 0 Å². The average Bonchev–Trinajstić information content (AvgIpc) is 2.87. The molecule has 0 unspecified atom stereocenters. The Bertz CT molecular complexity index is 408. The van der Waals surface area contributed by atoms with Gasteiger partial charge in [0.25, 0.3) is 0 Å². The van der Waals surface area contributed by atoms with Gasteiger partial charge in [-0.1, -0.05) is 12.1 Å². The Labute approximate surface area is 110 Å². The van der Waals surface area contributed by atoms with Crippen LogP contribution in [0, 0.1) is 5.92 Å². The standard InChI is InChI=1S/C16H23NO/c1-17-15-5-2-12(3-6-15)10-13-4-7-16-14(11-13)8-9-18-16/h4,7,11-12,15,17H,2-3,5-6,8-10H2,1H3. The Kier molecular flexibility index (Phi) is 3.55. The second-order valence-corrected chi connectivity index (χ2v) is 5.75. The van der Waals surface area contributed by atoms with E-state index >= 15 is 0 Å². The van der Waals surface area contributed by atoms with Gasteiger partial charge >= 0.3 is 0 Å². The van der Waals surface area contributed by atoms with Crippen LogP contribution in [0.15, 0.2) is 18.2 Å². The molecule has 1 aromatic rings. The minimum atomic E-state index is 0.759. The molecule has 0 bridgehead atoms. The Hall–Kier alpha value is -1.02. The maximum atomic E-state index is 5.56. The van der Waals surface area contributed by atoms with Crippen LogP contribution >= 0.6 is 0 Å². The van der Waals surface area contributed by atoms with E-state index in [1.807, 2.05) is 0 Å². The smallest absolute Gasteiger partial charge is 0.122 e. The summed E-state index contributed by atoms with van der Waals surface area (Å²) in [5.41, 5.74) is 2.92. The molecule has 1 N–H and O–H groups in total. The van der Waals surface area contributed by atoms with Gasteiger partial charge in [0.1, 0.15) is 5.75 Å². The fourth-order valence-corrected chi connectivity index (χ4v) is 3.36. The summed E-state index contributed by atoms with van der Waals surface area (Å²) in [6.45, 7) is 0.867. The lowest BCUT2D eigenvalue weighted by molar-refractivity contribution is 0.300. The summed E-state index contributed by atoms with van der Waals surface area (Å²) in [7, 11) is 2.09. The first-order valence-corrected chi connectivity index (χ1v) is 7.27. The van der Waals surface area contributed by atoms with E-state index in [1.54, 1.807) is 0 Å². The summed E-state index contributed by atoms with van der Waals surface area (Å²) in [6.07, 6.45) is 7.78. The van der Waals surface area contributed by atoms with E-state index in [2.05, 4.69) is 30.6 Å². The number of nitrogens with one attached hydrogen (secondary N) is 1. The zero-order chi connectivity index (χ0) is 12.4. The molecule has 2 nitrogen and oxygen atoms in total. The van der Waals surface area contributed by atoms with Gasteiger partial charge in [0.15, 0.2) is 0 Å². The van der Waals surface area contributed by atoms with Crippen LogP contribution in [-0.4, -0.2) is 19.7 Å². The topological polar surface area (TPSA) is 21.3 Å². The van der Waals surface area contributed by atoms with Gasteiger partial charge in [-0.3, -0.25) is 0 Å². The lowest BCUT2D eigenvalue weighted by Gasteiger charge is -2.28. The highest BCUT2D eigenvalue weighted by Crippen LogP contribution is 2.30. The minimum Gasteiger partial charge on any atom is -0.493 e. The van der Waals surface area contributed by atoms with Gasteiger partial charge in [-0.25, -0.2) is 0 Å². The summed E-state index contributed by atoms with van der Waals surface area (Å²) < 4.78 is 5.56. The fourth-order valence-electron chi connectivity index (χ4n) is 3.36. The van der Waals surface area contributed by atoms with Gasteiger partial charge in [0, 0.05) is 12.5 Å². The van der Waals surface area contributed by atoms with Gasteiger partial charge in [-0.05, 0) is 62.3 Å². The Morgan fingerprint density at radius 3 is 2.83 bits per heavy atom. The van der Waals surface area contributed by atoms with Gasteiger partial charge in [0.05, 0.1) is 6.61 Å². The van der Waals surface area contributed by atoms with Crippen LogP contribution < -0.4 is 10.1 Å². The van der Waals surface area contributed by atoms with Gasteiger partial charge in [0.2, 0.25) is 0 Å². The average molecular weight is 245 g/mol. The molecule has 0 spiro atoms. The van der Waals surface area contributed by atoms with Crippen LogP contribution in [0.2, 0.25) is 0 Å². The van der Waals surface area contributed by atoms with E-state index in [1.165, 1.54) is 43.2 Å². The third kappa shape index (κ3) is 2.54. The summed E-state index contributed by atoms with van der Waals surface area (Å²) in [4.78, 5) is 0. The van der Waals surface area contributed by atoms with Crippen LogP contribution in [0.3, 0.4) is 0 Å². The zero-order valence-electron chi connectivity index (χ0n) is 11.2. The molecule has 0 saturated heterocycles. The van der Waals surface area contributed by atoms with Crippen molar-refractivity contribution >= 4 is 0 Å². The molecule has 2 heteroatoms. The highest BCUT2D eigenvalue weighted by Gasteiger charge is 2.21. The quantitative estimate of drug-likeness (QED) is 0.884. The predicted molar refractivity (Wildman–Crippen MR) is 74.2 cm³/mol. The zero-order valence-corrected chi connectivity index (χ0v) is 11.2. The lowest BCUT2D eigenvalue weighted by atomic mass is 9.82. The molecular weight excluding hydrogens is 222 g/mol. The maximum Gasteiger partial charge on any atom is 0.122 e. The number of benzene rings is 1. The highest BCUT2D eigenvalue weighted by atomic mass is 16.5. The minimum absolute atomic E-state index is 0.759. The van der Waals surface area contributed by atoms with Crippen LogP contribution in [0.5, 0.6) is 5.75 Å². The van der Waals surface area contributed by atoms with E-state index in [4.69, 9.17) is 4.74 Å². The van der Waals surface area contributed by atoms with E-state index < -0.39 is 0 Å². The Morgan fingerprint density at radius 2 is 2.06 bits per heavy atom. The molecule has 0 amide bonds.